The maximum atomic E-state index is 11.0. The van der Waals surface area contributed by atoms with Crippen molar-refractivity contribution in [1.82, 2.24) is 5.32 Å². The van der Waals surface area contributed by atoms with Gasteiger partial charge in [0.15, 0.2) is 0 Å². The number of hydrogen-bond donors (Lipinski definition) is 2. The fraction of sp³-hybridized carbons (Fsp3) is 0.364. The highest BCUT2D eigenvalue weighted by molar-refractivity contribution is 5.87. The van der Waals surface area contributed by atoms with Crippen LogP contribution in [-0.4, -0.2) is 17.1 Å². The van der Waals surface area contributed by atoms with Crippen LogP contribution >= 0.6 is 0 Å². The summed E-state index contributed by atoms with van der Waals surface area (Å²) in [4.78, 5) is 11.0. The van der Waals surface area contributed by atoms with Crippen LogP contribution in [0.15, 0.2) is 35.5 Å². The number of carbonyl (C=O) groups excluding carboxylic acids is 1. The molecule has 4 heteroatoms. The first-order valence-corrected chi connectivity index (χ1v) is 4.78. The summed E-state index contributed by atoms with van der Waals surface area (Å²) in [6.07, 6.45) is 2.43. The van der Waals surface area contributed by atoms with Gasteiger partial charge >= 0.3 is 0 Å². The molecule has 2 N–H and O–H groups in total. The topological polar surface area (TPSA) is 62.5 Å². The van der Waals surface area contributed by atoms with Gasteiger partial charge in [0.2, 0.25) is 5.91 Å². The van der Waals surface area contributed by atoms with Crippen molar-refractivity contribution in [2.75, 3.05) is 0 Å². The monoisotopic (exact) mass is 209 g/mol. The highest BCUT2D eigenvalue weighted by Crippen LogP contribution is 2.18. The number of nitrogens with one attached hydrogen (secondary N) is 1. The number of aliphatic hydroxyl groups excluding tert-OH is 1. The van der Waals surface area contributed by atoms with E-state index in [2.05, 4.69) is 11.9 Å². The minimum Gasteiger partial charge on any atom is -0.467 e. The van der Waals surface area contributed by atoms with E-state index in [1.165, 1.54) is 12.3 Å². The first kappa shape index (κ1) is 11.5. The lowest BCUT2D eigenvalue weighted by Gasteiger charge is -2.15. The van der Waals surface area contributed by atoms with Crippen LogP contribution in [0.25, 0.3) is 0 Å². The Morgan fingerprint density at radius 2 is 2.53 bits per heavy atom. The van der Waals surface area contributed by atoms with Gasteiger partial charge in [-0.2, -0.15) is 0 Å². The van der Waals surface area contributed by atoms with Gasteiger partial charge in [-0.1, -0.05) is 6.58 Å². The number of amides is 1. The van der Waals surface area contributed by atoms with Crippen molar-refractivity contribution in [2.24, 2.45) is 0 Å². The van der Waals surface area contributed by atoms with E-state index in [1.54, 1.807) is 12.1 Å². The Bertz CT molecular complexity index is 319. The lowest BCUT2D eigenvalue weighted by Crippen LogP contribution is -2.32. The molecule has 2 atom stereocenters. The van der Waals surface area contributed by atoms with Gasteiger partial charge in [-0.15, -0.1) is 0 Å². The Labute approximate surface area is 88.6 Å². The number of aliphatic hydroxyl groups is 1. The highest BCUT2D eigenvalue weighted by atomic mass is 16.4. The molecule has 0 saturated carbocycles. The maximum Gasteiger partial charge on any atom is 0.243 e. The molecule has 0 aliphatic rings. The predicted molar refractivity (Wildman–Crippen MR) is 56.1 cm³/mol. The number of hydrogen-bond acceptors (Lipinski definition) is 3. The SMILES string of the molecule is C=CC(=O)N[C@@H](C)C[C@@H](O)c1ccco1. The predicted octanol–water partition coefficient (Wildman–Crippen LogP) is 1.39. The highest BCUT2D eigenvalue weighted by Gasteiger charge is 2.15. The van der Waals surface area contributed by atoms with Crippen LogP contribution < -0.4 is 5.32 Å². The maximum absolute atomic E-state index is 11.0. The third-order valence-electron chi connectivity index (χ3n) is 2.02. The van der Waals surface area contributed by atoms with Crippen LogP contribution in [-0.2, 0) is 4.79 Å². The molecule has 0 unspecified atom stereocenters. The lowest BCUT2D eigenvalue weighted by molar-refractivity contribution is -0.117. The molecule has 0 fully saturated rings. The van der Waals surface area contributed by atoms with Gasteiger partial charge in [-0.3, -0.25) is 4.79 Å². The summed E-state index contributed by atoms with van der Waals surface area (Å²) in [5.41, 5.74) is 0. The smallest absolute Gasteiger partial charge is 0.243 e. The van der Waals surface area contributed by atoms with Crippen LogP contribution in [0.4, 0.5) is 0 Å². The van der Waals surface area contributed by atoms with Crippen molar-refractivity contribution in [1.29, 1.82) is 0 Å². The standard InChI is InChI=1S/C11H15NO3/c1-3-11(14)12-8(2)7-9(13)10-5-4-6-15-10/h3-6,8-9,13H,1,7H2,2H3,(H,12,14)/t8-,9+/m0/s1. The molecule has 1 rings (SSSR count). The molecule has 1 heterocycles. The third-order valence-corrected chi connectivity index (χ3v) is 2.02. The van der Waals surface area contributed by atoms with E-state index in [1.807, 2.05) is 6.92 Å². The van der Waals surface area contributed by atoms with Gasteiger partial charge in [0, 0.05) is 12.5 Å². The second-order valence-electron chi connectivity index (χ2n) is 3.38. The van der Waals surface area contributed by atoms with Gasteiger partial charge in [0.1, 0.15) is 11.9 Å². The van der Waals surface area contributed by atoms with Crippen molar-refractivity contribution in [3.8, 4) is 0 Å². The van der Waals surface area contributed by atoms with E-state index in [9.17, 15) is 9.90 Å². The molecule has 4 nitrogen and oxygen atoms in total. The second-order valence-corrected chi connectivity index (χ2v) is 3.38. The fourth-order valence-corrected chi connectivity index (χ4v) is 1.29. The van der Waals surface area contributed by atoms with Crippen molar-refractivity contribution in [2.45, 2.75) is 25.5 Å². The Morgan fingerprint density at radius 3 is 3.07 bits per heavy atom. The molecule has 1 aromatic rings. The zero-order valence-corrected chi connectivity index (χ0v) is 8.64. The van der Waals surface area contributed by atoms with Gasteiger partial charge < -0.3 is 14.8 Å². The summed E-state index contributed by atoms with van der Waals surface area (Å²) in [6, 6.07) is 3.29. The summed E-state index contributed by atoms with van der Waals surface area (Å²) in [5.74, 6) is 0.267. The van der Waals surface area contributed by atoms with Crippen molar-refractivity contribution >= 4 is 5.91 Å². The van der Waals surface area contributed by atoms with E-state index in [0.29, 0.717) is 12.2 Å². The first-order valence-electron chi connectivity index (χ1n) is 4.78. The zero-order valence-electron chi connectivity index (χ0n) is 8.64. The molecule has 0 aliphatic heterocycles. The van der Waals surface area contributed by atoms with Crippen LogP contribution in [0.3, 0.4) is 0 Å². The normalized spacial score (nSPS) is 14.3. The second kappa shape index (κ2) is 5.36. The fourth-order valence-electron chi connectivity index (χ4n) is 1.29. The molecule has 0 saturated heterocycles. The minimum absolute atomic E-state index is 0.129. The number of rotatable bonds is 5. The summed E-state index contributed by atoms with van der Waals surface area (Å²) in [7, 11) is 0. The molecule has 15 heavy (non-hydrogen) atoms. The van der Waals surface area contributed by atoms with E-state index in [0.717, 1.165) is 0 Å². The summed E-state index contributed by atoms with van der Waals surface area (Å²) < 4.78 is 5.04. The first-order chi connectivity index (χ1) is 7.13. The van der Waals surface area contributed by atoms with E-state index < -0.39 is 6.10 Å². The molecular formula is C11H15NO3. The van der Waals surface area contributed by atoms with E-state index in [4.69, 9.17) is 4.42 Å². The van der Waals surface area contributed by atoms with Crippen molar-refractivity contribution in [3.63, 3.8) is 0 Å². The third kappa shape index (κ3) is 3.59. The lowest BCUT2D eigenvalue weighted by atomic mass is 10.1. The van der Waals surface area contributed by atoms with Crippen LogP contribution in [0.2, 0.25) is 0 Å². The number of carbonyl (C=O) groups is 1. The van der Waals surface area contributed by atoms with Crippen molar-refractivity contribution < 1.29 is 14.3 Å². The van der Waals surface area contributed by atoms with Gasteiger partial charge in [0.05, 0.1) is 6.26 Å². The largest absolute Gasteiger partial charge is 0.467 e. The van der Waals surface area contributed by atoms with E-state index in [-0.39, 0.29) is 11.9 Å². The Morgan fingerprint density at radius 1 is 1.80 bits per heavy atom. The summed E-state index contributed by atoms with van der Waals surface area (Å²) in [6.45, 7) is 5.16. The van der Waals surface area contributed by atoms with Crippen LogP contribution in [0, 0.1) is 0 Å². The quantitative estimate of drug-likeness (QED) is 0.720. The minimum atomic E-state index is -0.694. The molecule has 82 valence electrons. The van der Waals surface area contributed by atoms with Crippen LogP contribution in [0.1, 0.15) is 25.2 Å². The molecule has 0 spiro atoms. The Hall–Kier alpha value is -1.55. The summed E-state index contributed by atoms with van der Waals surface area (Å²) >= 11 is 0. The average Bonchev–Trinajstić information content (AvgIpc) is 2.70. The molecule has 0 radical (unpaired) electrons. The Balaban J connectivity index is 2.41. The summed E-state index contributed by atoms with van der Waals surface area (Å²) in [5, 5.41) is 12.4. The number of furan rings is 1. The average molecular weight is 209 g/mol. The molecule has 1 amide bonds. The van der Waals surface area contributed by atoms with Gasteiger partial charge in [-0.25, -0.2) is 0 Å². The van der Waals surface area contributed by atoms with Gasteiger partial charge in [0.25, 0.3) is 0 Å². The zero-order chi connectivity index (χ0) is 11.3. The Kier molecular flexibility index (Phi) is 4.12. The van der Waals surface area contributed by atoms with E-state index >= 15 is 0 Å². The molecular weight excluding hydrogens is 194 g/mol. The molecule has 0 aliphatic carbocycles. The molecule has 0 bridgehead atoms. The van der Waals surface area contributed by atoms with Crippen LogP contribution in [0.5, 0.6) is 0 Å². The van der Waals surface area contributed by atoms with Gasteiger partial charge in [-0.05, 0) is 25.1 Å². The van der Waals surface area contributed by atoms with Crippen molar-refractivity contribution in [3.05, 3.63) is 36.8 Å². The molecule has 0 aromatic carbocycles. The molecule has 1 aromatic heterocycles.